The van der Waals surface area contributed by atoms with Gasteiger partial charge in [0.05, 0.1) is 24.1 Å². The minimum atomic E-state index is -4.79. The van der Waals surface area contributed by atoms with Crippen molar-refractivity contribution < 1.29 is 41.0 Å². The molecule has 47 heavy (non-hydrogen) atoms. The number of nitrogens with zero attached hydrogens (tertiary/aromatic N) is 3. The number of fused-ring (bicyclic) bond motifs is 2. The summed E-state index contributed by atoms with van der Waals surface area (Å²) in [6, 6.07) is 9.68. The first-order valence-electron chi connectivity index (χ1n) is 14.9. The van der Waals surface area contributed by atoms with E-state index in [1.54, 1.807) is 19.9 Å². The van der Waals surface area contributed by atoms with Crippen LogP contribution in [0.1, 0.15) is 77.6 Å². The van der Waals surface area contributed by atoms with E-state index in [0.29, 0.717) is 27.9 Å². The quantitative estimate of drug-likeness (QED) is 0.166. The van der Waals surface area contributed by atoms with Crippen molar-refractivity contribution in [3.8, 4) is 22.8 Å². The Hall–Kier alpha value is -4.88. The Morgan fingerprint density at radius 2 is 1.89 bits per heavy atom. The number of amides is 2. The SMILES string of the molecule is Cc1cc2cc(C(=O)NCC(c3cc4c(c(-c5ccc(F)c(C(C)F)c5)n3)OCC4C)C(F)(F)F)cc(OC3CC3)c2nn1.NC=O. The number of carbonyl (C=O) groups is 2. The molecule has 2 amide bonds. The molecule has 248 valence electrons. The van der Waals surface area contributed by atoms with Gasteiger partial charge in [-0.3, -0.25) is 9.59 Å². The Labute approximate surface area is 266 Å². The van der Waals surface area contributed by atoms with E-state index < -0.39 is 36.5 Å². The van der Waals surface area contributed by atoms with Crippen LogP contribution in [0.5, 0.6) is 11.5 Å². The maximum absolute atomic E-state index is 14.6. The molecule has 3 N–H and O–H groups in total. The number of aryl methyl sites for hydroxylation is 1. The molecule has 14 heteroatoms. The van der Waals surface area contributed by atoms with Gasteiger partial charge in [-0.1, -0.05) is 6.92 Å². The average Bonchev–Trinajstić information content (AvgIpc) is 3.75. The number of halogens is 5. The molecule has 2 aromatic heterocycles. The maximum atomic E-state index is 14.6. The number of aromatic nitrogens is 3. The van der Waals surface area contributed by atoms with Crippen molar-refractivity contribution in [2.45, 2.75) is 63.9 Å². The monoisotopic (exact) mass is 657 g/mol. The number of carbonyl (C=O) groups excluding carboxylic acids is 2. The lowest BCUT2D eigenvalue weighted by molar-refractivity contribution is -0.149. The highest BCUT2D eigenvalue weighted by atomic mass is 19.4. The van der Waals surface area contributed by atoms with Crippen LogP contribution in [0.25, 0.3) is 22.2 Å². The standard InChI is InChI=1S/C32H29F5N4O3.CH3NO/c1-15-14-43-30-22(15)12-26(39-29(30)18-4-7-25(34)23(10-18)17(3)33)24(32(35,36)37)13-38-31(42)20-9-19-8-16(2)40-41-28(19)27(11-20)44-21-5-6-21;2-1-3/h4,7-12,15,17,21,24H,5-6,13-14H2,1-3H3,(H,38,42);1H,(H2,2,3). The highest BCUT2D eigenvalue weighted by Gasteiger charge is 2.43. The number of pyridine rings is 1. The fourth-order valence-electron chi connectivity index (χ4n) is 5.26. The van der Waals surface area contributed by atoms with E-state index in [-0.39, 0.29) is 58.9 Å². The van der Waals surface area contributed by atoms with E-state index in [1.807, 2.05) is 0 Å². The van der Waals surface area contributed by atoms with Crippen LogP contribution < -0.4 is 20.5 Å². The van der Waals surface area contributed by atoms with E-state index in [1.165, 1.54) is 37.3 Å². The third-order valence-electron chi connectivity index (χ3n) is 7.80. The summed E-state index contributed by atoms with van der Waals surface area (Å²) < 4.78 is 83.8. The maximum Gasteiger partial charge on any atom is 0.398 e. The van der Waals surface area contributed by atoms with Crippen LogP contribution >= 0.6 is 0 Å². The van der Waals surface area contributed by atoms with Crippen LogP contribution in [0, 0.1) is 12.7 Å². The lowest BCUT2D eigenvalue weighted by Gasteiger charge is -2.22. The second kappa shape index (κ2) is 13.5. The fraction of sp³-hybridized carbons (Fsp3) is 0.364. The average molecular weight is 658 g/mol. The Kier molecular flexibility index (Phi) is 9.59. The summed E-state index contributed by atoms with van der Waals surface area (Å²) in [5.74, 6) is -3.32. The molecule has 3 heterocycles. The van der Waals surface area contributed by atoms with Gasteiger partial charge in [0.1, 0.15) is 40.6 Å². The number of nitrogens with one attached hydrogen (secondary N) is 1. The third kappa shape index (κ3) is 7.42. The molecule has 1 aliphatic carbocycles. The molecule has 0 spiro atoms. The van der Waals surface area contributed by atoms with Gasteiger partial charge in [-0.2, -0.15) is 18.3 Å². The minimum absolute atomic E-state index is 0.00835. The molecular weight excluding hydrogens is 625 g/mol. The minimum Gasteiger partial charge on any atom is -0.490 e. The van der Waals surface area contributed by atoms with Gasteiger partial charge in [0.15, 0.2) is 0 Å². The number of benzene rings is 2. The summed E-state index contributed by atoms with van der Waals surface area (Å²) >= 11 is 0. The summed E-state index contributed by atoms with van der Waals surface area (Å²) in [6.45, 7) is 4.12. The van der Waals surface area contributed by atoms with Crippen LogP contribution in [-0.2, 0) is 4.79 Å². The summed E-state index contributed by atoms with van der Waals surface area (Å²) in [6.07, 6.45) is -4.48. The van der Waals surface area contributed by atoms with E-state index in [9.17, 15) is 26.7 Å². The smallest absolute Gasteiger partial charge is 0.398 e. The zero-order valence-corrected chi connectivity index (χ0v) is 25.7. The number of hydrogen-bond donors (Lipinski definition) is 2. The Balaban J connectivity index is 0.00000139. The summed E-state index contributed by atoms with van der Waals surface area (Å²) in [4.78, 5) is 26.2. The van der Waals surface area contributed by atoms with Crippen LogP contribution in [0.15, 0.2) is 42.5 Å². The van der Waals surface area contributed by atoms with Crippen molar-refractivity contribution in [1.82, 2.24) is 20.5 Å². The van der Waals surface area contributed by atoms with Gasteiger partial charge in [0, 0.05) is 40.1 Å². The molecule has 2 aliphatic rings. The first-order chi connectivity index (χ1) is 22.3. The van der Waals surface area contributed by atoms with Crippen LogP contribution in [0.4, 0.5) is 22.0 Å². The molecule has 0 radical (unpaired) electrons. The number of alkyl halides is 4. The van der Waals surface area contributed by atoms with Crippen molar-refractivity contribution >= 4 is 23.2 Å². The van der Waals surface area contributed by atoms with E-state index in [2.05, 4.69) is 26.2 Å². The summed E-state index contributed by atoms with van der Waals surface area (Å²) in [5.41, 5.74) is 5.54. The van der Waals surface area contributed by atoms with Gasteiger partial charge >= 0.3 is 6.18 Å². The zero-order chi connectivity index (χ0) is 34.0. The Bertz CT molecular complexity index is 1810. The number of ether oxygens (including phenoxy) is 2. The lowest BCUT2D eigenvalue weighted by atomic mass is 9.94. The molecule has 6 rings (SSSR count). The molecule has 9 nitrogen and oxygen atoms in total. The lowest BCUT2D eigenvalue weighted by Crippen LogP contribution is -2.35. The van der Waals surface area contributed by atoms with Crippen molar-refractivity contribution in [3.05, 3.63) is 76.4 Å². The van der Waals surface area contributed by atoms with Gasteiger partial charge in [0.25, 0.3) is 5.91 Å². The predicted molar refractivity (Wildman–Crippen MR) is 162 cm³/mol. The fourth-order valence-corrected chi connectivity index (χ4v) is 5.26. The first kappa shape index (κ1) is 33.5. The van der Waals surface area contributed by atoms with Crippen LogP contribution in [-0.4, -0.2) is 52.9 Å². The molecule has 1 saturated carbocycles. The molecule has 3 atom stereocenters. The largest absolute Gasteiger partial charge is 0.490 e. The summed E-state index contributed by atoms with van der Waals surface area (Å²) in [5, 5.41) is 11.2. The molecule has 1 fully saturated rings. The number of primary amides is 1. The molecule has 3 unspecified atom stereocenters. The Morgan fingerprint density at radius 3 is 2.55 bits per heavy atom. The van der Waals surface area contributed by atoms with Crippen molar-refractivity contribution in [1.29, 1.82) is 0 Å². The normalized spacial score (nSPS) is 16.7. The zero-order valence-electron chi connectivity index (χ0n) is 25.7. The second-order valence-electron chi connectivity index (χ2n) is 11.5. The molecule has 1 aliphatic heterocycles. The van der Waals surface area contributed by atoms with Crippen molar-refractivity contribution in [3.63, 3.8) is 0 Å². The van der Waals surface area contributed by atoms with Gasteiger partial charge in [-0.15, -0.1) is 5.10 Å². The highest BCUT2D eigenvalue weighted by Crippen LogP contribution is 2.45. The number of hydrogen-bond acceptors (Lipinski definition) is 7. The van der Waals surface area contributed by atoms with Gasteiger partial charge < -0.3 is 20.5 Å². The van der Waals surface area contributed by atoms with E-state index in [0.717, 1.165) is 18.9 Å². The van der Waals surface area contributed by atoms with Crippen LogP contribution in [0.2, 0.25) is 0 Å². The van der Waals surface area contributed by atoms with Crippen molar-refractivity contribution in [2.24, 2.45) is 5.73 Å². The van der Waals surface area contributed by atoms with Crippen LogP contribution in [0.3, 0.4) is 0 Å². The van der Waals surface area contributed by atoms with Gasteiger partial charge in [-0.05, 0) is 69.2 Å². The van der Waals surface area contributed by atoms with E-state index in [4.69, 9.17) is 14.3 Å². The first-order valence-corrected chi connectivity index (χ1v) is 14.9. The number of nitrogens with two attached hydrogens (primary N) is 1. The van der Waals surface area contributed by atoms with Gasteiger partial charge in [-0.25, -0.2) is 13.8 Å². The predicted octanol–water partition coefficient (Wildman–Crippen LogP) is 6.38. The van der Waals surface area contributed by atoms with E-state index >= 15 is 0 Å². The second-order valence-corrected chi connectivity index (χ2v) is 11.5. The topological polar surface area (TPSA) is 129 Å². The van der Waals surface area contributed by atoms with Crippen molar-refractivity contribution in [2.75, 3.05) is 13.2 Å². The molecule has 0 saturated heterocycles. The molecular formula is C33H32F5N5O4. The van der Waals surface area contributed by atoms with Gasteiger partial charge in [0.2, 0.25) is 6.41 Å². The molecule has 0 bridgehead atoms. The molecule has 4 aromatic rings. The third-order valence-corrected chi connectivity index (χ3v) is 7.80. The Morgan fingerprint density at radius 1 is 1.17 bits per heavy atom. The number of rotatable bonds is 8. The molecule has 2 aromatic carbocycles. The highest BCUT2D eigenvalue weighted by molar-refractivity contribution is 5.99. The summed E-state index contributed by atoms with van der Waals surface area (Å²) in [7, 11) is 0.